The summed E-state index contributed by atoms with van der Waals surface area (Å²) in [5, 5.41) is 10.3. The molecule has 5 aliphatic rings. The van der Waals surface area contributed by atoms with Crippen LogP contribution in [0.25, 0.3) is 0 Å². The van der Waals surface area contributed by atoms with Gasteiger partial charge >= 0.3 is 0 Å². The van der Waals surface area contributed by atoms with Crippen molar-refractivity contribution in [2.24, 2.45) is 46.3 Å². The first-order valence-corrected chi connectivity index (χ1v) is 14.7. The van der Waals surface area contributed by atoms with Gasteiger partial charge in [0.1, 0.15) is 0 Å². The van der Waals surface area contributed by atoms with Crippen molar-refractivity contribution in [3.8, 4) is 0 Å². The molecule has 4 aliphatic carbocycles. The Labute approximate surface area is 208 Å². The number of carbonyl (C=O) groups is 1. The summed E-state index contributed by atoms with van der Waals surface area (Å²) < 4.78 is 5.53. The Morgan fingerprint density at radius 3 is 2.59 bits per heavy atom. The monoisotopic (exact) mass is 473 g/mol. The van der Waals surface area contributed by atoms with Crippen molar-refractivity contribution in [1.82, 2.24) is 4.90 Å². The Hall–Kier alpha value is -0.610. The molecule has 4 nitrogen and oxygen atoms in total. The molecule has 1 saturated heterocycles. The number of hydrogen-bond acceptors (Lipinski definition) is 3. The number of fused-ring (bicyclic) bond motifs is 5. The maximum absolute atomic E-state index is 13.0. The van der Waals surface area contributed by atoms with E-state index in [1.807, 2.05) is 0 Å². The van der Waals surface area contributed by atoms with Gasteiger partial charge in [0.15, 0.2) is 0 Å². The molecule has 34 heavy (non-hydrogen) atoms. The normalized spacial score (nSPS) is 47.4. The van der Waals surface area contributed by atoms with Crippen molar-refractivity contribution in [3.63, 3.8) is 0 Å². The van der Waals surface area contributed by atoms with Gasteiger partial charge in [-0.1, -0.05) is 20.8 Å². The highest BCUT2D eigenvalue weighted by Crippen LogP contribution is 2.68. The van der Waals surface area contributed by atoms with Gasteiger partial charge in [0.25, 0.3) is 0 Å². The highest BCUT2D eigenvalue weighted by atomic mass is 16.5. The van der Waals surface area contributed by atoms with Crippen molar-refractivity contribution in [2.45, 2.75) is 116 Å². The fourth-order valence-corrected chi connectivity index (χ4v) is 10.3. The average molecular weight is 474 g/mol. The van der Waals surface area contributed by atoms with Crippen LogP contribution in [0.5, 0.6) is 0 Å². The summed E-state index contributed by atoms with van der Waals surface area (Å²) in [5.41, 5.74) is 0.932. The number of nitrogens with zero attached hydrogens (tertiary/aromatic N) is 1. The summed E-state index contributed by atoms with van der Waals surface area (Å²) >= 11 is 0. The molecular weight excluding hydrogens is 422 g/mol. The lowest BCUT2D eigenvalue weighted by Crippen LogP contribution is -2.54. The van der Waals surface area contributed by atoms with Gasteiger partial charge in [0.2, 0.25) is 5.91 Å². The predicted molar refractivity (Wildman–Crippen MR) is 136 cm³/mol. The molecule has 10 atom stereocenters. The number of hydrogen-bond donors (Lipinski definition) is 1. The molecule has 0 unspecified atom stereocenters. The Kier molecular flexibility index (Phi) is 7.14. The maximum atomic E-state index is 13.0. The average Bonchev–Trinajstić information content (AvgIpc) is 3.20. The fraction of sp³-hybridized carbons (Fsp3) is 0.967. The molecule has 0 aromatic carbocycles. The molecule has 4 heteroatoms. The van der Waals surface area contributed by atoms with Gasteiger partial charge in [-0.3, -0.25) is 4.79 Å². The van der Waals surface area contributed by atoms with Gasteiger partial charge in [0.05, 0.1) is 12.2 Å². The first-order valence-electron chi connectivity index (χ1n) is 14.7. The maximum Gasteiger partial charge on any atom is 0.222 e. The van der Waals surface area contributed by atoms with E-state index >= 15 is 0 Å². The van der Waals surface area contributed by atoms with E-state index in [1.54, 1.807) is 7.11 Å². The van der Waals surface area contributed by atoms with E-state index in [1.165, 1.54) is 44.9 Å². The molecule has 0 spiro atoms. The zero-order chi connectivity index (χ0) is 24.1. The van der Waals surface area contributed by atoms with Crippen LogP contribution in [0, 0.1) is 46.3 Å². The lowest BCUT2D eigenvalue weighted by Gasteiger charge is -2.61. The Balaban J connectivity index is 1.21. The van der Waals surface area contributed by atoms with Crippen molar-refractivity contribution < 1.29 is 14.6 Å². The minimum Gasteiger partial charge on any atom is -0.393 e. The second-order valence-corrected chi connectivity index (χ2v) is 13.7. The third kappa shape index (κ3) is 4.27. The van der Waals surface area contributed by atoms with Gasteiger partial charge < -0.3 is 14.7 Å². The third-order valence-electron chi connectivity index (χ3n) is 12.3. The van der Waals surface area contributed by atoms with Crippen LogP contribution in [0.3, 0.4) is 0 Å². The Morgan fingerprint density at radius 1 is 1.03 bits per heavy atom. The van der Waals surface area contributed by atoms with E-state index in [2.05, 4.69) is 25.7 Å². The zero-order valence-corrected chi connectivity index (χ0v) is 22.4. The van der Waals surface area contributed by atoms with E-state index < -0.39 is 0 Å². The summed E-state index contributed by atoms with van der Waals surface area (Å²) in [6.07, 6.45) is 15.7. The minimum atomic E-state index is -0.0479. The first kappa shape index (κ1) is 25.1. The van der Waals surface area contributed by atoms with Crippen molar-refractivity contribution >= 4 is 5.91 Å². The Morgan fingerprint density at radius 2 is 1.79 bits per heavy atom. The van der Waals surface area contributed by atoms with E-state index in [0.717, 1.165) is 74.8 Å². The number of aliphatic hydroxyl groups is 1. The van der Waals surface area contributed by atoms with Gasteiger partial charge in [-0.2, -0.15) is 0 Å². The Bertz CT molecular complexity index is 741. The molecular formula is C30H51NO3. The number of methoxy groups -OCH3 is 1. The van der Waals surface area contributed by atoms with E-state index in [-0.39, 0.29) is 12.2 Å². The number of amides is 1. The standard InChI is InChI=1S/C30H51NO3/c1-20(7-12-28(33)31-17-5-6-23(19-31)34-4)25-10-11-26-24-9-8-21-18-22(32)13-15-29(21,2)27(24)14-16-30(25,26)3/h20-27,32H,5-19H2,1-4H3/t20-,21+,22+,23+,24+,25-,26+,27+,29+,30-/m1/s1. The summed E-state index contributed by atoms with van der Waals surface area (Å²) in [7, 11) is 1.77. The lowest BCUT2D eigenvalue weighted by atomic mass is 9.44. The SMILES string of the molecule is CO[C@H]1CCCN(C(=O)CC[C@@H](C)[C@H]2CC[C@H]3[C@@H]4CC[C@H]5C[C@@H](O)CC[C@]5(C)[C@H]4CC[C@]23C)C1. The van der Waals surface area contributed by atoms with Crippen LogP contribution in [0.1, 0.15) is 104 Å². The van der Waals surface area contributed by atoms with Gasteiger partial charge in [-0.25, -0.2) is 0 Å². The molecule has 1 aliphatic heterocycles. The van der Waals surface area contributed by atoms with Crippen LogP contribution in [-0.2, 0) is 9.53 Å². The number of rotatable bonds is 5. The van der Waals surface area contributed by atoms with Crippen LogP contribution in [0.4, 0.5) is 0 Å². The lowest BCUT2D eigenvalue weighted by molar-refractivity contribution is -0.136. The van der Waals surface area contributed by atoms with Crippen LogP contribution in [-0.4, -0.2) is 48.3 Å². The van der Waals surface area contributed by atoms with Crippen molar-refractivity contribution in [2.75, 3.05) is 20.2 Å². The summed E-state index contributed by atoms with van der Waals surface area (Å²) in [6.45, 7) is 9.38. The highest BCUT2D eigenvalue weighted by molar-refractivity contribution is 5.76. The molecule has 0 radical (unpaired) electrons. The molecule has 1 heterocycles. The van der Waals surface area contributed by atoms with Crippen LogP contribution >= 0.6 is 0 Å². The molecule has 0 bridgehead atoms. The summed E-state index contributed by atoms with van der Waals surface area (Å²) in [4.78, 5) is 15.0. The molecule has 4 saturated carbocycles. The third-order valence-corrected chi connectivity index (χ3v) is 12.3. The van der Waals surface area contributed by atoms with E-state index in [9.17, 15) is 9.90 Å². The molecule has 5 rings (SSSR count). The first-order chi connectivity index (χ1) is 16.3. The van der Waals surface area contributed by atoms with Crippen LogP contribution in [0.2, 0.25) is 0 Å². The minimum absolute atomic E-state index is 0.0479. The van der Waals surface area contributed by atoms with Gasteiger partial charge in [-0.05, 0) is 123 Å². The predicted octanol–water partition coefficient (Wildman–Crippen LogP) is 6.06. The molecule has 0 aromatic heterocycles. The van der Waals surface area contributed by atoms with Crippen molar-refractivity contribution in [1.29, 1.82) is 0 Å². The van der Waals surface area contributed by atoms with E-state index in [0.29, 0.717) is 29.1 Å². The smallest absolute Gasteiger partial charge is 0.222 e. The molecule has 1 amide bonds. The van der Waals surface area contributed by atoms with Crippen LogP contribution in [0.15, 0.2) is 0 Å². The molecule has 0 aromatic rings. The fourth-order valence-electron chi connectivity index (χ4n) is 10.3. The molecule has 5 fully saturated rings. The number of ether oxygens (including phenoxy) is 1. The van der Waals surface area contributed by atoms with Gasteiger partial charge in [-0.15, -0.1) is 0 Å². The number of aliphatic hydroxyl groups excluding tert-OH is 1. The number of carbonyl (C=O) groups excluding carboxylic acids is 1. The summed E-state index contributed by atoms with van der Waals surface area (Å²) in [6, 6.07) is 0. The second kappa shape index (κ2) is 9.69. The van der Waals surface area contributed by atoms with Gasteiger partial charge in [0, 0.05) is 26.6 Å². The van der Waals surface area contributed by atoms with Crippen LogP contribution < -0.4 is 0 Å². The molecule has 1 N–H and O–H groups in total. The largest absolute Gasteiger partial charge is 0.393 e. The van der Waals surface area contributed by atoms with Crippen molar-refractivity contribution in [3.05, 3.63) is 0 Å². The number of piperidine rings is 1. The zero-order valence-electron chi connectivity index (χ0n) is 22.4. The topological polar surface area (TPSA) is 49.8 Å². The van der Waals surface area contributed by atoms with E-state index in [4.69, 9.17) is 4.74 Å². The molecule has 194 valence electrons. The quantitative estimate of drug-likeness (QED) is 0.528. The second-order valence-electron chi connectivity index (χ2n) is 13.7. The summed E-state index contributed by atoms with van der Waals surface area (Å²) in [5.74, 6) is 5.16. The highest BCUT2D eigenvalue weighted by Gasteiger charge is 2.60. The number of likely N-dealkylation sites (tertiary alicyclic amines) is 1.